The third-order valence-corrected chi connectivity index (χ3v) is 3.50. The van der Waals surface area contributed by atoms with E-state index >= 15 is 0 Å². The number of aryl methyl sites for hydroxylation is 1. The van der Waals surface area contributed by atoms with Gasteiger partial charge in [-0.05, 0) is 50.2 Å². The van der Waals surface area contributed by atoms with E-state index in [0.717, 1.165) is 17.9 Å². The Morgan fingerprint density at radius 3 is 2.60 bits per heavy atom. The predicted octanol–water partition coefficient (Wildman–Crippen LogP) is 3.83. The molecule has 2 rings (SSSR count). The molecule has 20 heavy (non-hydrogen) atoms. The Hall–Kier alpha value is -1.87. The summed E-state index contributed by atoms with van der Waals surface area (Å²) >= 11 is 0. The second-order valence-electron chi connectivity index (χ2n) is 5.12. The molecule has 1 aromatic heterocycles. The van der Waals surface area contributed by atoms with Crippen LogP contribution in [0.3, 0.4) is 0 Å². The minimum Gasteiger partial charge on any atom is -0.343 e. The van der Waals surface area contributed by atoms with Crippen molar-refractivity contribution in [2.45, 2.75) is 26.8 Å². The predicted molar refractivity (Wildman–Crippen MR) is 85.6 cm³/mol. The van der Waals surface area contributed by atoms with Crippen LogP contribution in [-0.4, -0.2) is 18.6 Å². The number of pyridine rings is 1. The van der Waals surface area contributed by atoms with Gasteiger partial charge in [0.25, 0.3) is 0 Å². The zero-order valence-electron chi connectivity index (χ0n) is 12.7. The number of benzene rings is 1. The van der Waals surface area contributed by atoms with E-state index in [1.54, 1.807) is 0 Å². The van der Waals surface area contributed by atoms with Crippen molar-refractivity contribution in [1.29, 1.82) is 0 Å². The summed E-state index contributed by atoms with van der Waals surface area (Å²) in [7, 11) is 2.07. The van der Waals surface area contributed by atoms with Gasteiger partial charge in [-0.1, -0.05) is 19.1 Å². The van der Waals surface area contributed by atoms with E-state index in [-0.39, 0.29) is 0 Å². The molecule has 106 valence electrons. The van der Waals surface area contributed by atoms with E-state index in [9.17, 15) is 0 Å². The monoisotopic (exact) mass is 269 g/mol. The molecule has 0 aliphatic carbocycles. The molecule has 0 bridgehead atoms. The standard InChI is InChI=1S/C17H23N3/c1-5-18-14(3)17-10-9-16(12-19-17)20(4)15-8-6-7-13(2)11-15/h6-12,14,18H,5H2,1-4H3. The molecule has 0 radical (unpaired) electrons. The van der Waals surface area contributed by atoms with Gasteiger partial charge < -0.3 is 10.2 Å². The molecule has 1 atom stereocenters. The molecule has 1 unspecified atom stereocenters. The van der Waals surface area contributed by atoms with Crippen molar-refractivity contribution in [3.63, 3.8) is 0 Å². The topological polar surface area (TPSA) is 28.2 Å². The molecule has 3 nitrogen and oxygen atoms in total. The Morgan fingerprint density at radius 2 is 2.00 bits per heavy atom. The average Bonchev–Trinajstić information content (AvgIpc) is 2.47. The van der Waals surface area contributed by atoms with Gasteiger partial charge in [-0.25, -0.2) is 0 Å². The lowest BCUT2D eigenvalue weighted by molar-refractivity contribution is 0.583. The van der Waals surface area contributed by atoms with Gasteiger partial charge in [0.2, 0.25) is 0 Å². The van der Waals surface area contributed by atoms with Crippen LogP contribution in [0.15, 0.2) is 42.6 Å². The van der Waals surface area contributed by atoms with E-state index in [0.29, 0.717) is 6.04 Å². The Labute approximate surface area is 121 Å². The summed E-state index contributed by atoms with van der Waals surface area (Å²) in [6.07, 6.45) is 1.94. The largest absolute Gasteiger partial charge is 0.343 e. The highest BCUT2D eigenvalue weighted by Crippen LogP contribution is 2.24. The van der Waals surface area contributed by atoms with Crippen LogP contribution >= 0.6 is 0 Å². The SMILES string of the molecule is CCNC(C)c1ccc(N(C)c2cccc(C)c2)cn1. The number of anilines is 2. The first kappa shape index (κ1) is 14.5. The smallest absolute Gasteiger partial charge is 0.0594 e. The minimum atomic E-state index is 0.290. The van der Waals surface area contributed by atoms with Crippen LogP contribution in [-0.2, 0) is 0 Å². The van der Waals surface area contributed by atoms with Gasteiger partial charge in [0, 0.05) is 18.8 Å². The number of aromatic nitrogens is 1. The molecule has 0 saturated heterocycles. The minimum absolute atomic E-state index is 0.290. The molecular weight excluding hydrogens is 246 g/mol. The quantitative estimate of drug-likeness (QED) is 0.894. The maximum atomic E-state index is 4.56. The molecule has 3 heteroatoms. The number of rotatable bonds is 5. The van der Waals surface area contributed by atoms with Crippen molar-refractivity contribution >= 4 is 11.4 Å². The zero-order valence-corrected chi connectivity index (χ0v) is 12.7. The Morgan fingerprint density at radius 1 is 1.20 bits per heavy atom. The highest BCUT2D eigenvalue weighted by atomic mass is 15.1. The maximum absolute atomic E-state index is 4.56. The van der Waals surface area contributed by atoms with E-state index < -0.39 is 0 Å². The molecule has 0 spiro atoms. The van der Waals surface area contributed by atoms with Gasteiger partial charge in [-0.3, -0.25) is 4.98 Å². The van der Waals surface area contributed by atoms with Crippen molar-refractivity contribution in [3.8, 4) is 0 Å². The molecule has 0 fully saturated rings. The second-order valence-corrected chi connectivity index (χ2v) is 5.12. The fourth-order valence-electron chi connectivity index (χ4n) is 2.25. The maximum Gasteiger partial charge on any atom is 0.0594 e. The molecular formula is C17H23N3. The number of nitrogens with zero attached hydrogens (tertiary/aromatic N) is 2. The fourth-order valence-corrected chi connectivity index (χ4v) is 2.25. The summed E-state index contributed by atoms with van der Waals surface area (Å²) in [6, 6.07) is 13.0. The van der Waals surface area contributed by atoms with Crippen LogP contribution < -0.4 is 10.2 Å². The lowest BCUT2D eigenvalue weighted by Gasteiger charge is -2.20. The first-order chi connectivity index (χ1) is 9.61. The lowest BCUT2D eigenvalue weighted by Crippen LogP contribution is -2.19. The van der Waals surface area contributed by atoms with Crippen molar-refractivity contribution in [3.05, 3.63) is 53.9 Å². The van der Waals surface area contributed by atoms with Gasteiger partial charge in [0.05, 0.1) is 17.6 Å². The number of hydrogen-bond donors (Lipinski definition) is 1. The van der Waals surface area contributed by atoms with Crippen molar-refractivity contribution in [2.75, 3.05) is 18.5 Å². The summed E-state index contributed by atoms with van der Waals surface area (Å²) in [5.41, 5.74) is 4.62. The molecule has 2 aromatic rings. The Kier molecular flexibility index (Phi) is 4.74. The first-order valence-corrected chi connectivity index (χ1v) is 7.11. The molecule has 1 heterocycles. The van der Waals surface area contributed by atoms with Crippen LogP contribution in [0.4, 0.5) is 11.4 Å². The average molecular weight is 269 g/mol. The molecule has 0 aliphatic rings. The third kappa shape index (κ3) is 3.36. The van der Waals surface area contributed by atoms with Crippen LogP contribution in [0, 0.1) is 6.92 Å². The van der Waals surface area contributed by atoms with E-state index in [2.05, 4.69) is 79.4 Å². The number of hydrogen-bond acceptors (Lipinski definition) is 3. The summed E-state index contributed by atoms with van der Waals surface area (Å²) in [4.78, 5) is 6.72. The van der Waals surface area contributed by atoms with Gasteiger partial charge in [-0.15, -0.1) is 0 Å². The molecule has 0 aliphatic heterocycles. The zero-order chi connectivity index (χ0) is 14.5. The van der Waals surface area contributed by atoms with Gasteiger partial charge in [-0.2, -0.15) is 0 Å². The van der Waals surface area contributed by atoms with Crippen molar-refractivity contribution in [2.24, 2.45) is 0 Å². The van der Waals surface area contributed by atoms with Gasteiger partial charge in [0.15, 0.2) is 0 Å². The summed E-state index contributed by atoms with van der Waals surface area (Å²) in [5, 5.41) is 3.37. The van der Waals surface area contributed by atoms with Crippen LogP contribution in [0.25, 0.3) is 0 Å². The number of nitrogens with one attached hydrogen (secondary N) is 1. The molecule has 0 amide bonds. The van der Waals surface area contributed by atoms with Gasteiger partial charge >= 0.3 is 0 Å². The summed E-state index contributed by atoms with van der Waals surface area (Å²) in [6.45, 7) is 7.30. The Bertz CT molecular complexity index is 548. The fraction of sp³-hybridized carbons (Fsp3) is 0.353. The highest BCUT2D eigenvalue weighted by Gasteiger charge is 2.08. The van der Waals surface area contributed by atoms with Gasteiger partial charge in [0.1, 0.15) is 0 Å². The Balaban J connectivity index is 2.17. The summed E-state index contributed by atoms with van der Waals surface area (Å²) < 4.78 is 0. The molecule has 1 N–H and O–H groups in total. The molecule has 1 aromatic carbocycles. The van der Waals surface area contributed by atoms with Crippen LogP contribution in [0.1, 0.15) is 31.1 Å². The van der Waals surface area contributed by atoms with E-state index in [1.807, 2.05) is 6.20 Å². The summed E-state index contributed by atoms with van der Waals surface area (Å²) in [5.74, 6) is 0. The lowest BCUT2D eigenvalue weighted by atomic mass is 10.2. The van der Waals surface area contributed by atoms with E-state index in [1.165, 1.54) is 11.3 Å². The van der Waals surface area contributed by atoms with Crippen LogP contribution in [0.5, 0.6) is 0 Å². The molecule has 0 saturated carbocycles. The first-order valence-electron chi connectivity index (χ1n) is 7.11. The third-order valence-electron chi connectivity index (χ3n) is 3.50. The van der Waals surface area contributed by atoms with Crippen LogP contribution in [0.2, 0.25) is 0 Å². The second kappa shape index (κ2) is 6.53. The van der Waals surface area contributed by atoms with Crippen molar-refractivity contribution in [1.82, 2.24) is 10.3 Å². The van der Waals surface area contributed by atoms with Crippen molar-refractivity contribution < 1.29 is 0 Å². The highest BCUT2D eigenvalue weighted by molar-refractivity contribution is 5.62. The van der Waals surface area contributed by atoms with E-state index in [4.69, 9.17) is 0 Å². The normalized spacial score (nSPS) is 12.2.